The van der Waals surface area contributed by atoms with E-state index in [4.69, 9.17) is 4.74 Å². The summed E-state index contributed by atoms with van der Waals surface area (Å²) in [6.45, 7) is 6.19. The molecule has 0 amide bonds. The van der Waals surface area contributed by atoms with E-state index in [1.165, 1.54) is 12.8 Å². The second-order valence-electron chi connectivity index (χ2n) is 4.37. The Morgan fingerprint density at radius 3 is 2.50 bits per heavy atom. The van der Waals surface area contributed by atoms with Crippen LogP contribution in [0.25, 0.3) is 0 Å². The van der Waals surface area contributed by atoms with Gasteiger partial charge < -0.3 is 4.74 Å². The molecule has 0 heterocycles. The van der Waals surface area contributed by atoms with Crippen molar-refractivity contribution in [3.05, 3.63) is 0 Å². The fraction of sp³-hybridized carbons (Fsp3) is 0.917. The van der Waals surface area contributed by atoms with Gasteiger partial charge in [-0.25, -0.2) is 0 Å². The van der Waals surface area contributed by atoms with Crippen molar-refractivity contribution in [1.29, 1.82) is 0 Å². The first-order valence-corrected chi connectivity index (χ1v) is 5.89. The van der Waals surface area contributed by atoms with E-state index >= 15 is 0 Å². The van der Waals surface area contributed by atoms with Crippen LogP contribution in [0.4, 0.5) is 0 Å². The van der Waals surface area contributed by atoms with Crippen molar-refractivity contribution in [2.75, 3.05) is 0 Å². The molecule has 0 aliphatic heterocycles. The highest BCUT2D eigenvalue weighted by molar-refractivity contribution is 5.72. The third-order valence-corrected chi connectivity index (χ3v) is 3.05. The zero-order valence-electron chi connectivity index (χ0n) is 9.58. The first kappa shape index (κ1) is 11.5. The van der Waals surface area contributed by atoms with Crippen molar-refractivity contribution >= 4 is 5.97 Å². The highest BCUT2D eigenvalue weighted by atomic mass is 16.5. The lowest BCUT2D eigenvalue weighted by atomic mass is 10.0. The number of carbonyl (C=O) groups excluding carboxylic acids is 1. The van der Waals surface area contributed by atoms with E-state index in [9.17, 15) is 4.79 Å². The van der Waals surface area contributed by atoms with Gasteiger partial charge in [-0.2, -0.15) is 0 Å². The monoisotopic (exact) mass is 198 g/mol. The van der Waals surface area contributed by atoms with E-state index in [0.29, 0.717) is 5.92 Å². The summed E-state index contributed by atoms with van der Waals surface area (Å²) in [4.78, 5) is 11.7. The molecule has 0 aromatic rings. The Kier molecular flexibility index (Phi) is 4.43. The summed E-state index contributed by atoms with van der Waals surface area (Å²) < 4.78 is 5.44. The van der Waals surface area contributed by atoms with E-state index in [1.54, 1.807) is 0 Å². The van der Waals surface area contributed by atoms with Gasteiger partial charge in [-0.05, 0) is 38.5 Å². The third-order valence-electron chi connectivity index (χ3n) is 3.05. The standard InChI is InChI=1S/C12H22O2/c1-4-6-10(5-2)12(13)14-9(3)11-7-8-11/h9-11H,4-8H2,1-3H3. The minimum atomic E-state index is 0.0220. The summed E-state index contributed by atoms with van der Waals surface area (Å²) >= 11 is 0. The predicted octanol–water partition coefficient (Wildman–Crippen LogP) is 3.15. The molecule has 0 bridgehead atoms. The molecule has 14 heavy (non-hydrogen) atoms. The van der Waals surface area contributed by atoms with Gasteiger partial charge in [0.05, 0.1) is 5.92 Å². The highest BCUT2D eigenvalue weighted by Crippen LogP contribution is 2.34. The zero-order valence-corrected chi connectivity index (χ0v) is 9.58. The number of carbonyl (C=O) groups is 1. The number of hydrogen-bond acceptors (Lipinski definition) is 2. The molecule has 1 saturated carbocycles. The average molecular weight is 198 g/mol. The van der Waals surface area contributed by atoms with E-state index in [-0.39, 0.29) is 18.0 Å². The number of ether oxygens (including phenoxy) is 1. The van der Waals surface area contributed by atoms with Crippen LogP contribution in [-0.2, 0) is 9.53 Å². The van der Waals surface area contributed by atoms with E-state index in [1.807, 2.05) is 6.92 Å². The van der Waals surface area contributed by atoms with Crippen LogP contribution in [-0.4, -0.2) is 12.1 Å². The summed E-state index contributed by atoms with van der Waals surface area (Å²) in [5, 5.41) is 0. The second kappa shape index (κ2) is 5.38. The highest BCUT2D eigenvalue weighted by Gasteiger charge is 2.31. The van der Waals surface area contributed by atoms with Crippen molar-refractivity contribution in [2.45, 2.75) is 59.0 Å². The van der Waals surface area contributed by atoms with E-state index in [2.05, 4.69) is 13.8 Å². The fourth-order valence-electron chi connectivity index (χ4n) is 1.78. The maximum absolute atomic E-state index is 11.7. The molecule has 0 aromatic heterocycles. The summed E-state index contributed by atoms with van der Waals surface area (Å²) in [7, 11) is 0. The summed E-state index contributed by atoms with van der Waals surface area (Å²) in [6.07, 6.45) is 5.55. The molecule has 2 nitrogen and oxygen atoms in total. The number of rotatable bonds is 6. The van der Waals surface area contributed by atoms with Crippen LogP contribution in [0.3, 0.4) is 0 Å². The summed E-state index contributed by atoms with van der Waals surface area (Å²) in [5.74, 6) is 0.799. The van der Waals surface area contributed by atoms with Gasteiger partial charge in [-0.15, -0.1) is 0 Å². The van der Waals surface area contributed by atoms with E-state index < -0.39 is 0 Å². The Morgan fingerprint density at radius 1 is 1.43 bits per heavy atom. The Labute approximate surface area is 87.0 Å². The molecule has 2 unspecified atom stereocenters. The number of esters is 1. The van der Waals surface area contributed by atoms with Crippen LogP contribution in [0.2, 0.25) is 0 Å². The molecule has 0 spiro atoms. The fourth-order valence-corrected chi connectivity index (χ4v) is 1.78. The van der Waals surface area contributed by atoms with Gasteiger partial charge in [0.2, 0.25) is 0 Å². The third kappa shape index (κ3) is 3.32. The SMILES string of the molecule is CCCC(CC)C(=O)OC(C)C1CC1. The van der Waals surface area contributed by atoms with Crippen LogP contribution >= 0.6 is 0 Å². The maximum Gasteiger partial charge on any atom is 0.309 e. The van der Waals surface area contributed by atoms with Crippen molar-refractivity contribution in [3.63, 3.8) is 0 Å². The van der Waals surface area contributed by atoms with Crippen molar-refractivity contribution in [1.82, 2.24) is 0 Å². The minimum absolute atomic E-state index is 0.0220. The first-order valence-electron chi connectivity index (χ1n) is 5.89. The van der Waals surface area contributed by atoms with Crippen LogP contribution in [0.15, 0.2) is 0 Å². The lowest BCUT2D eigenvalue weighted by Crippen LogP contribution is -2.23. The van der Waals surface area contributed by atoms with Crippen molar-refractivity contribution in [2.24, 2.45) is 11.8 Å². The molecule has 1 aliphatic carbocycles. The predicted molar refractivity (Wildman–Crippen MR) is 57.0 cm³/mol. The topological polar surface area (TPSA) is 26.3 Å². The molecule has 0 saturated heterocycles. The van der Waals surface area contributed by atoms with Crippen LogP contribution in [0, 0.1) is 11.8 Å². The Bertz CT molecular complexity index is 185. The van der Waals surface area contributed by atoms with Crippen LogP contribution < -0.4 is 0 Å². The van der Waals surface area contributed by atoms with Crippen LogP contribution in [0.1, 0.15) is 52.9 Å². The van der Waals surface area contributed by atoms with Gasteiger partial charge in [0.15, 0.2) is 0 Å². The molecule has 1 aliphatic rings. The minimum Gasteiger partial charge on any atom is -0.462 e. The average Bonchev–Trinajstić information content (AvgIpc) is 2.96. The van der Waals surface area contributed by atoms with Gasteiger partial charge in [0.25, 0.3) is 0 Å². The number of hydrogen-bond donors (Lipinski definition) is 0. The molecule has 2 heteroatoms. The van der Waals surface area contributed by atoms with E-state index in [0.717, 1.165) is 19.3 Å². The summed E-state index contributed by atoms with van der Waals surface area (Å²) in [6, 6.07) is 0. The molecule has 0 N–H and O–H groups in total. The summed E-state index contributed by atoms with van der Waals surface area (Å²) in [5.41, 5.74) is 0. The van der Waals surface area contributed by atoms with Gasteiger partial charge >= 0.3 is 5.97 Å². The second-order valence-corrected chi connectivity index (χ2v) is 4.37. The van der Waals surface area contributed by atoms with Crippen LogP contribution in [0.5, 0.6) is 0 Å². The van der Waals surface area contributed by atoms with Gasteiger partial charge in [0, 0.05) is 0 Å². The lowest BCUT2D eigenvalue weighted by Gasteiger charge is -2.17. The normalized spacial score (nSPS) is 20.2. The largest absolute Gasteiger partial charge is 0.462 e. The lowest BCUT2D eigenvalue weighted by molar-refractivity contribution is -0.154. The zero-order chi connectivity index (χ0) is 10.6. The van der Waals surface area contributed by atoms with Gasteiger partial charge in [-0.3, -0.25) is 4.79 Å². The van der Waals surface area contributed by atoms with Gasteiger partial charge in [-0.1, -0.05) is 20.3 Å². The smallest absolute Gasteiger partial charge is 0.309 e. The molecule has 2 atom stereocenters. The molecular formula is C12H22O2. The maximum atomic E-state index is 11.7. The molecule has 82 valence electrons. The molecule has 0 radical (unpaired) electrons. The molecule has 1 fully saturated rings. The molecule has 0 aromatic carbocycles. The quantitative estimate of drug-likeness (QED) is 0.613. The van der Waals surface area contributed by atoms with Crippen molar-refractivity contribution < 1.29 is 9.53 Å². The first-order chi connectivity index (χ1) is 6.69. The molecule has 1 rings (SSSR count). The Hall–Kier alpha value is -0.530. The Morgan fingerprint density at radius 2 is 2.07 bits per heavy atom. The van der Waals surface area contributed by atoms with Crippen molar-refractivity contribution in [3.8, 4) is 0 Å². The molecular weight excluding hydrogens is 176 g/mol. The van der Waals surface area contributed by atoms with Gasteiger partial charge in [0.1, 0.15) is 6.10 Å². The Balaban J connectivity index is 2.29.